The quantitative estimate of drug-likeness (QED) is 0.0169. The lowest BCUT2D eigenvalue weighted by Crippen LogP contribution is -2.30. The average molecular weight is 1450 g/mol. The van der Waals surface area contributed by atoms with Gasteiger partial charge in [0.25, 0.3) is 0 Å². The Labute approximate surface area is 614 Å². The molecule has 0 aliphatic heterocycles. The highest BCUT2D eigenvalue weighted by atomic mass is 31.2. The van der Waals surface area contributed by atoms with Gasteiger partial charge in [-0.3, -0.25) is 37.3 Å². The molecule has 19 heteroatoms. The van der Waals surface area contributed by atoms with Gasteiger partial charge in [-0.1, -0.05) is 253 Å². The van der Waals surface area contributed by atoms with Crippen molar-refractivity contribution in [3.05, 3.63) is 97.2 Å². The normalized spacial score (nSPS) is 15.8. The molecule has 0 saturated heterocycles. The first-order chi connectivity index (χ1) is 50.5. The maximum absolute atomic E-state index is 13.4. The molecule has 0 bridgehead atoms. The van der Waals surface area contributed by atoms with Crippen LogP contribution in [0.4, 0.5) is 0 Å². The Kier molecular flexibility index (Phi) is 63.5. The number of allylic oxidation sites excluding steroid dienone is 16. The number of rotatable bonds is 74. The molecule has 0 saturated carbocycles. The largest absolute Gasteiger partial charge is 0.472 e. The van der Waals surface area contributed by atoms with Crippen LogP contribution in [0.1, 0.15) is 343 Å². The molecule has 0 aromatic heterocycles. The Morgan fingerprint density at radius 2 is 0.540 bits per heavy atom. The number of unbranched alkanes of at least 4 members (excludes halogenated alkanes) is 32. The van der Waals surface area contributed by atoms with Crippen molar-refractivity contribution < 1.29 is 87.1 Å². The van der Waals surface area contributed by atoms with Crippen molar-refractivity contribution in [2.24, 2.45) is 0 Å². The zero-order chi connectivity index (χ0) is 77.7. The summed E-state index contributed by atoms with van der Waals surface area (Å²) >= 11 is 0. The summed E-state index contributed by atoms with van der Waals surface area (Å²) in [5.74, 6) is -2.82. The summed E-state index contributed by atoms with van der Waals surface area (Å²) in [4.78, 5) is 73.6. The van der Waals surface area contributed by atoms with Crippen LogP contribution in [0, 0.1) is 0 Å². The van der Waals surface area contributed by atoms with E-state index in [0.29, 0.717) is 38.5 Å². The molecule has 0 spiro atoms. The number of hydrogen-bond acceptors (Lipinski definition) is 15. The number of hydrogen-bond donors (Lipinski definition) is 3. The van der Waals surface area contributed by atoms with Gasteiger partial charge < -0.3 is 33.8 Å². The fourth-order valence-corrected chi connectivity index (χ4v) is 11.4. The standard InChI is InChI=1S/C81H142O17P2/c1-5-9-13-17-21-25-29-33-37-41-45-49-53-57-61-65-78(83)91-71-76(97-80(85)67-63-59-55-51-47-43-39-35-31-27-23-19-15-11-7-3)73-95-99(87,88)93-69-75(82)70-94-100(89,90)96-74-77(98-81(86)68-64-60-56-52-48-44-40-36-32-28-24-20-16-12-8-4)72-92-79(84)66-62-58-54-50-46-42-38-34-30-26-22-18-14-10-6-2/h21-28,33-40,75-77,82H,5-20,29-32,41-74H2,1-4H3,(H,87,88)(H,89,90)/b25-21+,26-22+,27-23+,28-24+,37-33+,38-34+,39-35+,40-36+/t76-,77-/m1/s1/i69D2,70D2,75D. The number of carbonyl (C=O) groups is 4. The smallest absolute Gasteiger partial charge is 0.462 e. The van der Waals surface area contributed by atoms with Crippen LogP contribution in [-0.4, -0.2) is 96.6 Å². The summed E-state index contributed by atoms with van der Waals surface area (Å²) in [5.41, 5.74) is 0. The van der Waals surface area contributed by atoms with Gasteiger partial charge in [-0.05, 0) is 154 Å². The van der Waals surface area contributed by atoms with Gasteiger partial charge in [0.2, 0.25) is 0 Å². The first-order valence-electron chi connectivity index (χ1n) is 41.5. The maximum Gasteiger partial charge on any atom is 0.472 e. The van der Waals surface area contributed by atoms with E-state index >= 15 is 0 Å². The third-order valence-electron chi connectivity index (χ3n) is 16.1. The van der Waals surface area contributed by atoms with E-state index in [1.165, 1.54) is 77.0 Å². The number of aliphatic hydroxyl groups is 1. The van der Waals surface area contributed by atoms with Crippen LogP contribution in [-0.2, 0) is 65.4 Å². The molecule has 578 valence electrons. The van der Waals surface area contributed by atoms with Crippen molar-refractivity contribution >= 4 is 39.5 Å². The number of ether oxygens (including phenoxy) is 4. The fraction of sp³-hybridized carbons (Fsp3) is 0.753. The Morgan fingerprint density at radius 3 is 0.790 bits per heavy atom. The highest BCUT2D eigenvalue weighted by Crippen LogP contribution is 2.45. The average Bonchev–Trinajstić information content (AvgIpc) is 0.756. The van der Waals surface area contributed by atoms with Gasteiger partial charge in [-0.15, -0.1) is 0 Å². The van der Waals surface area contributed by atoms with Gasteiger partial charge in [-0.2, -0.15) is 0 Å². The molecule has 4 atom stereocenters. The molecule has 0 aromatic rings. The first kappa shape index (κ1) is 86.6. The highest BCUT2D eigenvalue weighted by molar-refractivity contribution is 7.47. The van der Waals surface area contributed by atoms with E-state index in [9.17, 15) is 43.2 Å². The Bertz CT molecular complexity index is 2350. The first-order valence-corrected chi connectivity index (χ1v) is 42.0. The van der Waals surface area contributed by atoms with Gasteiger partial charge in [0.05, 0.1) is 33.2 Å². The van der Waals surface area contributed by atoms with E-state index in [2.05, 4.69) is 134 Å². The second kappa shape index (κ2) is 73.3. The second-order valence-corrected chi connectivity index (χ2v) is 28.5. The molecule has 17 nitrogen and oxygen atoms in total. The molecular weight excluding hydrogens is 1310 g/mol. The lowest BCUT2D eigenvalue weighted by molar-refractivity contribution is -0.161. The molecule has 0 amide bonds. The van der Waals surface area contributed by atoms with Crippen LogP contribution >= 0.6 is 15.6 Å². The fourth-order valence-electron chi connectivity index (χ4n) is 10.2. The second-order valence-electron chi connectivity index (χ2n) is 25.8. The maximum atomic E-state index is 13.4. The van der Waals surface area contributed by atoms with Crippen LogP contribution < -0.4 is 0 Å². The third kappa shape index (κ3) is 72.3. The van der Waals surface area contributed by atoms with Crippen LogP contribution in [0.5, 0.6) is 0 Å². The van der Waals surface area contributed by atoms with E-state index in [1.54, 1.807) is 0 Å². The number of carbonyl (C=O) groups excluding carboxylic acids is 4. The summed E-state index contributed by atoms with van der Waals surface area (Å²) in [6, 6.07) is 0. The van der Waals surface area contributed by atoms with Gasteiger partial charge >= 0.3 is 39.5 Å². The summed E-state index contributed by atoms with van der Waals surface area (Å²) in [6.45, 7) is -3.28. The monoisotopic (exact) mass is 1450 g/mol. The van der Waals surface area contributed by atoms with E-state index < -0.39 is 97.4 Å². The van der Waals surface area contributed by atoms with E-state index in [4.69, 9.17) is 34.8 Å². The molecule has 0 aliphatic carbocycles. The van der Waals surface area contributed by atoms with Crippen molar-refractivity contribution in [2.75, 3.05) is 39.5 Å². The number of phosphoric acid groups is 2. The lowest BCUT2D eigenvalue weighted by atomic mass is 10.1. The van der Waals surface area contributed by atoms with Crippen LogP contribution in [0.3, 0.4) is 0 Å². The van der Waals surface area contributed by atoms with E-state index in [-0.39, 0.29) is 25.7 Å². The molecule has 2 unspecified atom stereocenters. The molecule has 0 aromatic carbocycles. The van der Waals surface area contributed by atoms with Gasteiger partial charge in [0.1, 0.15) is 19.3 Å². The molecule has 100 heavy (non-hydrogen) atoms. The van der Waals surface area contributed by atoms with Crippen LogP contribution in [0.15, 0.2) is 97.2 Å². The van der Waals surface area contributed by atoms with Crippen LogP contribution in [0.25, 0.3) is 0 Å². The molecule has 0 heterocycles. The Hall–Kier alpha value is -4.02. The number of esters is 4. The minimum absolute atomic E-state index is 0.0236. The van der Waals surface area contributed by atoms with Gasteiger partial charge in [0.15, 0.2) is 12.2 Å². The topological polar surface area (TPSA) is 237 Å². The van der Waals surface area contributed by atoms with Crippen LogP contribution in [0.2, 0.25) is 0 Å². The highest BCUT2D eigenvalue weighted by Gasteiger charge is 2.30. The van der Waals surface area contributed by atoms with Crippen molar-refractivity contribution in [3.8, 4) is 0 Å². The van der Waals surface area contributed by atoms with Crippen molar-refractivity contribution in [1.29, 1.82) is 0 Å². The summed E-state index contributed by atoms with van der Waals surface area (Å²) in [6.07, 6.45) is 69.8. The van der Waals surface area contributed by atoms with Crippen molar-refractivity contribution in [3.63, 3.8) is 0 Å². The molecular formula is C81H142O17P2. The molecule has 0 rings (SSSR count). The predicted octanol–water partition coefficient (Wildman–Crippen LogP) is 22.8. The SMILES string of the molecule is [2H]C([2H])(OP(=O)(O)OC[C@@H](COC(=O)CCCCCCC/C=C/C/C=C/CCCCC)OC(=O)CCCCCCC/C=C/C/C=C/CCCCC)C([2H])(O)C([2H])([2H])OP(=O)(O)OC[C@@H](COC(=O)CCCCCCC/C=C/C/C=C/CCCCC)OC(=O)CCCCCCC/C=C/C/C=C/CCCCC. The third-order valence-corrected chi connectivity index (χ3v) is 17.7. The minimum Gasteiger partial charge on any atom is -0.462 e. The molecule has 3 N–H and O–H groups in total. The number of phosphoric ester groups is 2. The van der Waals surface area contributed by atoms with Gasteiger partial charge in [-0.25, -0.2) is 9.13 Å². The predicted molar refractivity (Wildman–Crippen MR) is 409 cm³/mol. The summed E-state index contributed by atoms with van der Waals surface area (Å²) < 4.78 is 109. The Balaban J connectivity index is 5.87. The van der Waals surface area contributed by atoms with E-state index in [0.717, 1.165) is 167 Å². The summed E-state index contributed by atoms with van der Waals surface area (Å²) in [7, 11) is -11.7. The zero-order valence-electron chi connectivity index (χ0n) is 67.6. The van der Waals surface area contributed by atoms with Gasteiger partial charge in [0, 0.05) is 25.7 Å². The lowest BCUT2D eigenvalue weighted by Gasteiger charge is -2.21. The van der Waals surface area contributed by atoms with E-state index in [1.807, 2.05) is 0 Å². The van der Waals surface area contributed by atoms with Crippen molar-refractivity contribution in [2.45, 2.75) is 354 Å². The minimum atomic E-state index is -5.86. The Morgan fingerprint density at radius 1 is 0.320 bits per heavy atom. The van der Waals surface area contributed by atoms with Crippen molar-refractivity contribution in [1.82, 2.24) is 0 Å². The zero-order valence-corrected chi connectivity index (χ0v) is 64.4. The molecule has 0 fully saturated rings. The molecule has 0 aliphatic rings. The summed E-state index contributed by atoms with van der Waals surface area (Å²) in [5, 5.41) is 11.1. The molecule has 0 radical (unpaired) electrons.